The highest BCUT2D eigenvalue weighted by molar-refractivity contribution is 6.60. The number of hydrogen-bond donors (Lipinski definition) is 0. The second kappa shape index (κ2) is 9.23. The van der Waals surface area contributed by atoms with Crippen LogP contribution >= 0.6 is 0 Å². The smallest absolute Gasteiger partial charge is 0.460 e. The molecular weight excluding hydrogens is 256 g/mol. The van der Waals surface area contributed by atoms with Crippen molar-refractivity contribution >= 4 is 14.8 Å². The molecule has 1 atom stereocenters. The molecule has 0 heterocycles. The molecule has 0 bridgehead atoms. The molecule has 0 aromatic heterocycles. The van der Waals surface area contributed by atoms with Gasteiger partial charge in [-0.25, -0.2) is 4.79 Å². The van der Waals surface area contributed by atoms with Crippen molar-refractivity contribution in [2.75, 3.05) is 27.4 Å². The summed E-state index contributed by atoms with van der Waals surface area (Å²) in [7, 11) is 0.488. The highest BCUT2D eigenvalue weighted by atomic mass is 28.4. The van der Waals surface area contributed by atoms with Crippen LogP contribution in [0.5, 0.6) is 0 Å². The van der Waals surface area contributed by atoms with Crippen LogP contribution < -0.4 is 0 Å². The molecule has 18 heavy (non-hydrogen) atoms. The van der Waals surface area contributed by atoms with E-state index >= 15 is 0 Å². The Morgan fingerprint density at radius 1 is 1.33 bits per heavy atom. The van der Waals surface area contributed by atoms with E-state index in [1.807, 2.05) is 6.92 Å². The van der Waals surface area contributed by atoms with Crippen molar-refractivity contribution in [3.8, 4) is 0 Å². The van der Waals surface area contributed by atoms with Gasteiger partial charge in [0.05, 0.1) is 6.61 Å². The molecule has 0 radical (unpaired) electrons. The molecule has 0 aromatic carbocycles. The van der Waals surface area contributed by atoms with E-state index in [9.17, 15) is 4.79 Å². The Bertz CT molecular complexity index is 246. The molecule has 0 saturated heterocycles. The number of ether oxygens (including phenoxy) is 2. The van der Waals surface area contributed by atoms with E-state index < -0.39 is 21.1 Å². The largest absolute Gasteiger partial charge is 0.502 e. The van der Waals surface area contributed by atoms with Crippen LogP contribution in [0.15, 0.2) is 12.7 Å². The van der Waals surface area contributed by atoms with E-state index in [0.717, 1.165) is 6.08 Å². The third kappa shape index (κ3) is 6.27. The minimum Gasteiger partial charge on any atom is -0.460 e. The summed E-state index contributed by atoms with van der Waals surface area (Å²) in [6.07, 6.45) is 0.615. The number of rotatable bonds is 10. The van der Waals surface area contributed by atoms with E-state index in [-0.39, 0.29) is 13.2 Å². The van der Waals surface area contributed by atoms with Gasteiger partial charge in [-0.2, -0.15) is 0 Å². The molecule has 0 aliphatic carbocycles. The van der Waals surface area contributed by atoms with E-state index in [2.05, 4.69) is 6.58 Å². The molecule has 106 valence electrons. The minimum atomic E-state index is -2.62. The fourth-order valence-corrected chi connectivity index (χ4v) is 2.93. The zero-order chi connectivity index (χ0) is 14.0. The molecule has 6 nitrogen and oxygen atoms in total. The SMILES string of the molecule is C=CC(=O)OCCOC(C)O[Si](CC)(OC)OC. The van der Waals surface area contributed by atoms with Gasteiger partial charge in [-0.3, -0.25) is 0 Å². The molecule has 1 unspecified atom stereocenters. The van der Waals surface area contributed by atoms with Crippen molar-refractivity contribution in [3.63, 3.8) is 0 Å². The molecule has 0 N–H and O–H groups in total. The summed E-state index contributed by atoms with van der Waals surface area (Å²) >= 11 is 0. The summed E-state index contributed by atoms with van der Waals surface area (Å²) in [6, 6.07) is 0.652. The van der Waals surface area contributed by atoms with Crippen molar-refractivity contribution in [1.29, 1.82) is 0 Å². The molecular formula is C11H22O6Si. The van der Waals surface area contributed by atoms with Crippen LogP contribution in [0, 0.1) is 0 Å². The quantitative estimate of drug-likeness (QED) is 0.198. The zero-order valence-corrected chi connectivity index (χ0v) is 12.4. The maximum Gasteiger partial charge on any atom is 0.502 e. The second-order valence-electron chi connectivity index (χ2n) is 3.37. The Morgan fingerprint density at radius 3 is 2.39 bits per heavy atom. The highest BCUT2D eigenvalue weighted by Gasteiger charge is 2.38. The van der Waals surface area contributed by atoms with E-state index in [4.69, 9.17) is 22.8 Å². The number of carbonyl (C=O) groups is 1. The summed E-state index contributed by atoms with van der Waals surface area (Å²) in [4.78, 5) is 10.8. The average molecular weight is 278 g/mol. The second-order valence-corrected chi connectivity index (χ2v) is 6.50. The summed E-state index contributed by atoms with van der Waals surface area (Å²) in [5.74, 6) is -0.474. The first kappa shape index (κ1) is 17.3. The van der Waals surface area contributed by atoms with Crippen molar-refractivity contribution in [3.05, 3.63) is 12.7 Å². The first-order valence-electron chi connectivity index (χ1n) is 5.72. The number of esters is 1. The molecule has 7 heteroatoms. The van der Waals surface area contributed by atoms with Crippen molar-refractivity contribution in [2.24, 2.45) is 0 Å². The van der Waals surface area contributed by atoms with Crippen molar-refractivity contribution < 1.29 is 27.5 Å². The Morgan fingerprint density at radius 2 is 1.94 bits per heavy atom. The summed E-state index contributed by atoms with van der Waals surface area (Å²) in [6.45, 7) is 7.35. The molecule has 0 amide bonds. The fourth-order valence-electron chi connectivity index (χ4n) is 1.25. The van der Waals surface area contributed by atoms with Crippen molar-refractivity contribution in [1.82, 2.24) is 0 Å². The van der Waals surface area contributed by atoms with Gasteiger partial charge in [-0.05, 0) is 6.92 Å². The molecule has 0 fully saturated rings. The molecule has 0 rings (SSSR count). The minimum absolute atomic E-state index is 0.152. The van der Waals surface area contributed by atoms with E-state index in [0.29, 0.717) is 6.04 Å². The average Bonchev–Trinajstić information content (AvgIpc) is 2.40. The lowest BCUT2D eigenvalue weighted by Crippen LogP contribution is -2.46. The van der Waals surface area contributed by atoms with Gasteiger partial charge in [-0.1, -0.05) is 13.5 Å². The van der Waals surface area contributed by atoms with Gasteiger partial charge in [-0.15, -0.1) is 0 Å². The maximum absolute atomic E-state index is 10.8. The molecule has 0 saturated carbocycles. The van der Waals surface area contributed by atoms with Crippen LogP contribution in [0.1, 0.15) is 13.8 Å². The molecule has 0 aromatic rings. The predicted molar refractivity (Wildman–Crippen MR) is 67.9 cm³/mol. The van der Waals surface area contributed by atoms with E-state index in [1.165, 1.54) is 0 Å². The monoisotopic (exact) mass is 278 g/mol. The zero-order valence-electron chi connectivity index (χ0n) is 11.4. The third-order valence-corrected chi connectivity index (χ3v) is 5.05. The maximum atomic E-state index is 10.8. The Balaban J connectivity index is 3.92. The lowest BCUT2D eigenvalue weighted by Gasteiger charge is -2.28. The lowest BCUT2D eigenvalue weighted by molar-refractivity contribution is -0.145. The third-order valence-electron chi connectivity index (χ3n) is 2.25. The highest BCUT2D eigenvalue weighted by Crippen LogP contribution is 2.15. The van der Waals surface area contributed by atoms with Gasteiger partial charge >= 0.3 is 14.8 Å². The first-order valence-corrected chi connectivity index (χ1v) is 7.65. The first-order chi connectivity index (χ1) is 8.53. The van der Waals surface area contributed by atoms with Gasteiger partial charge in [0.15, 0.2) is 0 Å². The lowest BCUT2D eigenvalue weighted by atomic mass is 10.6. The van der Waals surface area contributed by atoms with Gasteiger partial charge in [0.25, 0.3) is 0 Å². The molecule has 0 aliphatic rings. The van der Waals surface area contributed by atoms with Crippen LogP contribution in [-0.2, 0) is 27.5 Å². The Kier molecular flexibility index (Phi) is 8.85. The van der Waals surface area contributed by atoms with Gasteiger partial charge in [0, 0.05) is 26.3 Å². The van der Waals surface area contributed by atoms with Gasteiger partial charge in [0.1, 0.15) is 12.9 Å². The Hall–Kier alpha value is -0.733. The number of hydrogen-bond acceptors (Lipinski definition) is 6. The summed E-state index contributed by atoms with van der Waals surface area (Å²) < 4.78 is 26.3. The van der Waals surface area contributed by atoms with Crippen LogP contribution in [0.25, 0.3) is 0 Å². The summed E-state index contributed by atoms with van der Waals surface area (Å²) in [5, 5.41) is 0. The molecule has 0 spiro atoms. The predicted octanol–water partition coefficient (Wildman–Crippen LogP) is 1.35. The standard InChI is InChI=1S/C11H22O6Si/c1-6-11(12)16-9-8-15-10(3)17-18(7-2,13-4)14-5/h6,10H,1,7-9H2,2-5H3. The van der Waals surface area contributed by atoms with Crippen LogP contribution in [0.3, 0.4) is 0 Å². The van der Waals surface area contributed by atoms with E-state index in [1.54, 1.807) is 21.1 Å². The number of carbonyl (C=O) groups excluding carboxylic acids is 1. The normalized spacial score (nSPS) is 13.1. The van der Waals surface area contributed by atoms with Crippen LogP contribution in [0.4, 0.5) is 0 Å². The van der Waals surface area contributed by atoms with Gasteiger partial charge in [0.2, 0.25) is 0 Å². The van der Waals surface area contributed by atoms with Crippen molar-refractivity contribution in [2.45, 2.75) is 26.2 Å². The molecule has 0 aliphatic heterocycles. The summed E-state index contributed by atoms with van der Waals surface area (Å²) in [5.41, 5.74) is 0. The fraction of sp³-hybridized carbons (Fsp3) is 0.727. The van der Waals surface area contributed by atoms with Crippen LogP contribution in [0.2, 0.25) is 6.04 Å². The topological polar surface area (TPSA) is 63.2 Å². The van der Waals surface area contributed by atoms with Crippen LogP contribution in [-0.4, -0.2) is 48.5 Å². The van der Waals surface area contributed by atoms with Gasteiger partial charge < -0.3 is 22.8 Å². The Labute approximate surface area is 109 Å².